The van der Waals surface area contributed by atoms with Crippen LogP contribution in [0.1, 0.15) is 58.6 Å². The van der Waals surface area contributed by atoms with E-state index in [-0.39, 0.29) is 29.7 Å². The van der Waals surface area contributed by atoms with Crippen molar-refractivity contribution >= 4 is 5.97 Å². The van der Waals surface area contributed by atoms with Gasteiger partial charge < -0.3 is 14.6 Å². The van der Waals surface area contributed by atoms with Crippen LogP contribution in [0.2, 0.25) is 0 Å². The van der Waals surface area contributed by atoms with Gasteiger partial charge in [-0.1, -0.05) is 62.8 Å². The average molecular weight is 493 g/mol. The lowest BCUT2D eigenvalue weighted by Crippen LogP contribution is -2.16. The molecule has 2 aromatic rings. The highest BCUT2D eigenvalue weighted by Crippen LogP contribution is 2.37. The summed E-state index contributed by atoms with van der Waals surface area (Å²) in [4.78, 5) is 11.3. The van der Waals surface area contributed by atoms with Gasteiger partial charge in [0.2, 0.25) is 0 Å². The zero-order valence-corrected chi connectivity index (χ0v) is 22.1. The molecule has 0 fully saturated rings. The Morgan fingerprint density at radius 2 is 1.92 bits per heavy atom. The van der Waals surface area contributed by atoms with Gasteiger partial charge in [0, 0.05) is 11.5 Å². The number of benzene rings is 2. The third kappa shape index (κ3) is 7.17. The molecule has 2 aromatic carbocycles. The lowest BCUT2D eigenvalue weighted by atomic mass is 9.81. The van der Waals surface area contributed by atoms with Crippen molar-refractivity contribution in [1.29, 1.82) is 0 Å². The van der Waals surface area contributed by atoms with Crippen LogP contribution in [-0.4, -0.2) is 24.3 Å². The summed E-state index contributed by atoms with van der Waals surface area (Å²) in [5.74, 6) is -0.640. The van der Waals surface area contributed by atoms with Gasteiger partial charge in [0.15, 0.2) is 0 Å². The Labute approximate surface area is 214 Å². The van der Waals surface area contributed by atoms with E-state index in [1.165, 1.54) is 6.07 Å². The molecule has 0 heterocycles. The van der Waals surface area contributed by atoms with Crippen LogP contribution in [0.5, 0.6) is 5.75 Å². The zero-order valence-electron chi connectivity index (χ0n) is 22.1. The molecule has 0 radical (unpaired) electrons. The summed E-state index contributed by atoms with van der Waals surface area (Å²) in [6.07, 6.45) is 8.67. The van der Waals surface area contributed by atoms with Crippen LogP contribution < -0.4 is 4.74 Å². The standard InChI is InChI=1S/C31H37FO4/c1-20(2)15-23(17-30(33)34)22-8-10-24(11-9-22)36-19-21-7-13-28(31(3,4)5)26(16-21)27-18-25(35-6)12-14-29(27)32/h7-10,12-16,18,23-24H,11,17,19H2,1-6H3,(H,33,34)/t23-,24?/m0/s1. The maximum absolute atomic E-state index is 14.9. The molecule has 1 aliphatic carbocycles. The molecule has 0 aromatic heterocycles. The molecule has 192 valence electrons. The quantitative estimate of drug-likeness (QED) is 0.366. The third-order valence-electron chi connectivity index (χ3n) is 6.27. The second-order valence-corrected chi connectivity index (χ2v) is 10.6. The molecule has 1 aliphatic rings. The minimum Gasteiger partial charge on any atom is -0.497 e. The number of carbonyl (C=O) groups is 1. The summed E-state index contributed by atoms with van der Waals surface area (Å²) in [7, 11) is 1.58. The molecule has 5 heteroatoms. The van der Waals surface area contributed by atoms with Crippen LogP contribution in [-0.2, 0) is 21.6 Å². The molecule has 0 spiro atoms. The minimum absolute atomic E-state index is 0.0661. The van der Waals surface area contributed by atoms with E-state index in [9.17, 15) is 14.3 Å². The Hall–Kier alpha value is -3.18. The number of rotatable bonds is 9. The van der Waals surface area contributed by atoms with Gasteiger partial charge >= 0.3 is 5.97 Å². The van der Waals surface area contributed by atoms with E-state index in [2.05, 4.69) is 32.9 Å². The molecule has 0 saturated carbocycles. The van der Waals surface area contributed by atoms with E-state index in [4.69, 9.17) is 9.47 Å². The molecule has 2 atom stereocenters. The number of carboxylic acid groups (broad SMARTS) is 1. The van der Waals surface area contributed by atoms with Crippen molar-refractivity contribution in [3.8, 4) is 16.9 Å². The van der Waals surface area contributed by atoms with E-state index in [1.807, 2.05) is 44.2 Å². The van der Waals surface area contributed by atoms with Crippen molar-refractivity contribution in [2.75, 3.05) is 7.11 Å². The Morgan fingerprint density at radius 1 is 1.17 bits per heavy atom. The summed E-state index contributed by atoms with van der Waals surface area (Å²) in [5.41, 5.74) is 5.27. The van der Waals surface area contributed by atoms with Crippen LogP contribution in [0, 0.1) is 11.7 Å². The smallest absolute Gasteiger partial charge is 0.304 e. The number of halogens is 1. The van der Waals surface area contributed by atoms with E-state index in [1.54, 1.807) is 19.2 Å². The Bertz CT molecular complexity index is 1180. The maximum atomic E-state index is 14.9. The maximum Gasteiger partial charge on any atom is 0.304 e. The first-order valence-electron chi connectivity index (χ1n) is 12.3. The summed E-state index contributed by atoms with van der Waals surface area (Å²) in [5, 5.41) is 9.27. The Balaban J connectivity index is 1.78. The van der Waals surface area contributed by atoms with E-state index < -0.39 is 5.97 Å². The van der Waals surface area contributed by atoms with Gasteiger partial charge in [0.1, 0.15) is 11.6 Å². The Kier molecular flexibility index (Phi) is 8.91. The molecule has 0 bridgehead atoms. The number of hydrogen-bond donors (Lipinski definition) is 1. The fraction of sp³-hybridized carbons (Fsp3) is 0.387. The molecule has 0 saturated heterocycles. The largest absolute Gasteiger partial charge is 0.497 e. The van der Waals surface area contributed by atoms with Crippen LogP contribution in [0.25, 0.3) is 11.1 Å². The topological polar surface area (TPSA) is 55.8 Å². The summed E-state index contributed by atoms with van der Waals surface area (Å²) < 4.78 is 26.4. The van der Waals surface area contributed by atoms with Gasteiger partial charge in [-0.3, -0.25) is 4.79 Å². The van der Waals surface area contributed by atoms with E-state index in [0.717, 1.165) is 27.8 Å². The summed E-state index contributed by atoms with van der Waals surface area (Å²) in [6, 6.07) is 10.9. The number of carboxylic acids is 1. The van der Waals surface area contributed by atoms with Crippen molar-refractivity contribution in [2.45, 2.75) is 65.6 Å². The lowest BCUT2D eigenvalue weighted by Gasteiger charge is -2.25. The lowest BCUT2D eigenvalue weighted by molar-refractivity contribution is -0.137. The number of allylic oxidation sites excluding steroid dienone is 4. The fourth-order valence-corrected chi connectivity index (χ4v) is 4.48. The Morgan fingerprint density at radius 3 is 2.50 bits per heavy atom. The first kappa shape index (κ1) is 27.4. The van der Waals surface area contributed by atoms with E-state index >= 15 is 0 Å². The van der Waals surface area contributed by atoms with Gasteiger partial charge in [0.05, 0.1) is 26.2 Å². The molecular formula is C31H37FO4. The van der Waals surface area contributed by atoms with Crippen LogP contribution in [0.4, 0.5) is 4.39 Å². The summed E-state index contributed by atoms with van der Waals surface area (Å²) in [6.45, 7) is 10.7. The highest BCUT2D eigenvalue weighted by molar-refractivity contribution is 5.71. The molecular weight excluding hydrogens is 455 g/mol. The number of aliphatic carboxylic acids is 1. The molecule has 1 N–H and O–H groups in total. The predicted molar refractivity (Wildman–Crippen MR) is 143 cm³/mol. The second-order valence-electron chi connectivity index (χ2n) is 10.6. The minimum atomic E-state index is -0.813. The molecule has 4 nitrogen and oxygen atoms in total. The van der Waals surface area contributed by atoms with Crippen LogP contribution in [0.3, 0.4) is 0 Å². The van der Waals surface area contributed by atoms with Crippen molar-refractivity contribution < 1.29 is 23.8 Å². The SMILES string of the molecule is COc1ccc(F)c(-c2cc(COC3C=CC([C@@H](C=C(C)C)CC(=O)O)=CC3)ccc2C(C)(C)C)c1. The van der Waals surface area contributed by atoms with Crippen LogP contribution in [0.15, 0.2) is 71.8 Å². The average Bonchev–Trinajstić information content (AvgIpc) is 2.81. The van der Waals surface area contributed by atoms with Gasteiger partial charge in [-0.15, -0.1) is 0 Å². The fourth-order valence-electron chi connectivity index (χ4n) is 4.48. The monoisotopic (exact) mass is 492 g/mol. The van der Waals surface area contributed by atoms with Gasteiger partial charge in [-0.25, -0.2) is 4.39 Å². The highest BCUT2D eigenvalue weighted by Gasteiger charge is 2.22. The molecule has 3 rings (SSSR count). The van der Waals surface area contributed by atoms with Gasteiger partial charge in [-0.2, -0.15) is 0 Å². The normalized spacial score (nSPS) is 16.3. The summed E-state index contributed by atoms with van der Waals surface area (Å²) >= 11 is 0. The number of hydrogen-bond acceptors (Lipinski definition) is 3. The van der Waals surface area contributed by atoms with Crippen molar-refractivity contribution in [1.82, 2.24) is 0 Å². The van der Waals surface area contributed by atoms with Gasteiger partial charge in [0.25, 0.3) is 0 Å². The number of methoxy groups -OCH3 is 1. The zero-order chi connectivity index (χ0) is 26.5. The van der Waals surface area contributed by atoms with Crippen molar-refractivity contribution in [2.24, 2.45) is 5.92 Å². The first-order chi connectivity index (χ1) is 17.0. The first-order valence-corrected chi connectivity index (χ1v) is 12.3. The predicted octanol–water partition coefficient (Wildman–Crippen LogP) is 7.63. The van der Waals surface area contributed by atoms with Gasteiger partial charge in [-0.05, 0) is 72.2 Å². The molecule has 1 unspecified atom stereocenters. The van der Waals surface area contributed by atoms with E-state index in [0.29, 0.717) is 24.3 Å². The molecule has 36 heavy (non-hydrogen) atoms. The van der Waals surface area contributed by atoms with Crippen molar-refractivity contribution in [3.05, 3.63) is 88.8 Å². The molecule has 0 amide bonds. The van der Waals surface area contributed by atoms with Crippen LogP contribution >= 0.6 is 0 Å². The molecule has 0 aliphatic heterocycles. The second kappa shape index (κ2) is 11.7. The third-order valence-corrected chi connectivity index (χ3v) is 6.27. The van der Waals surface area contributed by atoms with Crippen molar-refractivity contribution in [3.63, 3.8) is 0 Å². The highest BCUT2D eigenvalue weighted by atomic mass is 19.1. The number of ether oxygens (including phenoxy) is 2.